The van der Waals surface area contributed by atoms with Crippen LogP contribution in [0, 0.1) is 0 Å². The van der Waals surface area contributed by atoms with Crippen LogP contribution in [0.3, 0.4) is 0 Å². The molecule has 0 aliphatic rings. The van der Waals surface area contributed by atoms with Gasteiger partial charge in [0, 0.05) is 53.3 Å². The van der Waals surface area contributed by atoms with E-state index >= 15 is 0 Å². The van der Waals surface area contributed by atoms with Crippen LogP contribution in [0.15, 0.2) is 229 Å². The van der Waals surface area contributed by atoms with Crippen molar-refractivity contribution in [2.45, 2.75) is 0 Å². The molecule has 0 saturated heterocycles. The lowest BCUT2D eigenvalue weighted by Crippen LogP contribution is -2.11. The Bertz CT molecular complexity index is 3580. The molecule has 12 aromatic rings. The van der Waals surface area contributed by atoms with Crippen molar-refractivity contribution < 1.29 is 4.42 Å². The maximum Gasteiger partial charge on any atom is 0.143 e. The molecular weight excluding hydrogens is 759 g/mol. The molecule has 0 radical (unpaired) electrons. The topological polar surface area (TPSA) is 16.4 Å². The Morgan fingerprint density at radius 2 is 1.00 bits per heavy atom. The van der Waals surface area contributed by atoms with E-state index < -0.39 is 0 Å². The summed E-state index contributed by atoms with van der Waals surface area (Å²) < 4.78 is 9.27. The number of para-hydroxylation sites is 1. The number of hydrogen-bond acceptors (Lipinski definition) is 3. The van der Waals surface area contributed by atoms with E-state index in [1.807, 2.05) is 11.3 Å². The lowest BCUT2D eigenvalue weighted by atomic mass is 9.91. The summed E-state index contributed by atoms with van der Waals surface area (Å²) in [4.78, 5) is 2.43. The Balaban J connectivity index is 1.03. The molecule has 0 bridgehead atoms. The SMILES string of the molecule is c1ccc(-c2ccc(-c3ccc(N(c4ccc5sc6ccccc6c5c4)c4ccccc4-c4cccc5oc6c7ccccc7ccc6c45)cc3)cc2-c2ccccc2)cc1. The van der Waals surface area contributed by atoms with Crippen molar-refractivity contribution >= 4 is 81.3 Å². The van der Waals surface area contributed by atoms with Crippen LogP contribution in [-0.2, 0) is 0 Å². The lowest BCUT2D eigenvalue weighted by molar-refractivity contribution is 0.673. The minimum atomic E-state index is 0.883. The van der Waals surface area contributed by atoms with Crippen molar-refractivity contribution in [1.82, 2.24) is 0 Å². The molecule has 61 heavy (non-hydrogen) atoms. The summed E-state index contributed by atoms with van der Waals surface area (Å²) in [6, 6.07) is 81.2. The largest absolute Gasteiger partial charge is 0.455 e. The maximum absolute atomic E-state index is 6.69. The van der Waals surface area contributed by atoms with Gasteiger partial charge in [0.25, 0.3) is 0 Å². The van der Waals surface area contributed by atoms with Gasteiger partial charge in [-0.05, 0) is 105 Å². The van der Waals surface area contributed by atoms with E-state index in [-0.39, 0.29) is 0 Å². The van der Waals surface area contributed by atoms with Crippen molar-refractivity contribution in [2.24, 2.45) is 0 Å². The molecule has 12 rings (SSSR count). The average molecular weight is 796 g/mol. The summed E-state index contributed by atoms with van der Waals surface area (Å²) in [6.45, 7) is 0. The normalized spacial score (nSPS) is 11.6. The van der Waals surface area contributed by atoms with Gasteiger partial charge in [0.15, 0.2) is 0 Å². The molecule has 10 aromatic carbocycles. The number of furan rings is 1. The summed E-state index contributed by atoms with van der Waals surface area (Å²) in [6.07, 6.45) is 0. The predicted molar refractivity (Wildman–Crippen MR) is 261 cm³/mol. The third-order valence-electron chi connectivity index (χ3n) is 12.1. The fraction of sp³-hybridized carbons (Fsp3) is 0. The van der Waals surface area contributed by atoms with Crippen molar-refractivity contribution in [3.05, 3.63) is 224 Å². The minimum Gasteiger partial charge on any atom is -0.455 e. The second-order valence-corrected chi connectivity index (χ2v) is 16.7. The van der Waals surface area contributed by atoms with Gasteiger partial charge in [0.2, 0.25) is 0 Å². The molecular formula is C58H37NOS. The average Bonchev–Trinajstić information content (AvgIpc) is 3.91. The van der Waals surface area contributed by atoms with Crippen LogP contribution in [0.1, 0.15) is 0 Å². The van der Waals surface area contributed by atoms with E-state index in [0.717, 1.165) is 61.1 Å². The number of fused-ring (bicyclic) bond motifs is 8. The van der Waals surface area contributed by atoms with Gasteiger partial charge < -0.3 is 9.32 Å². The van der Waals surface area contributed by atoms with Crippen molar-refractivity contribution in [2.75, 3.05) is 4.90 Å². The summed E-state index contributed by atoms with van der Waals surface area (Å²) >= 11 is 1.85. The van der Waals surface area contributed by atoms with Gasteiger partial charge in [-0.2, -0.15) is 0 Å². The lowest BCUT2D eigenvalue weighted by Gasteiger charge is -2.28. The van der Waals surface area contributed by atoms with Gasteiger partial charge in [-0.3, -0.25) is 0 Å². The molecule has 0 fully saturated rings. The Hall–Kier alpha value is -7.72. The molecule has 286 valence electrons. The van der Waals surface area contributed by atoms with E-state index in [9.17, 15) is 0 Å². The first kappa shape index (κ1) is 35.2. The fourth-order valence-corrected chi connectivity index (χ4v) is 10.3. The predicted octanol–water partition coefficient (Wildman–Crippen LogP) is 17.2. The van der Waals surface area contributed by atoms with Crippen molar-refractivity contribution in [1.29, 1.82) is 0 Å². The third-order valence-corrected chi connectivity index (χ3v) is 13.2. The summed E-state index contributed by atoms with van der Waals surface area (Å²) in [5.41, 5.74) is 14.5. The van der Waals surface area contributed by atoms with Gasteiger partial charge in [0.1, 0.15) is 11.2 Å². The molecule has 2 heterocycles. The molecule has 0 spiro atoms. The van der Waals surface area contributed by atoms with Crippen LogP contribution in [-0.4, -0.2) is 0 Å². The fourth-order valence-electron chi connectivity index (χ4n) is 9.21. The van der Waals surface area contributed by atoms with E-state index in [4.69, 9.17) is 4.42 Å². The number of nitrogens with zero attached hydrogens (tertiary/aromatic N) is 1. The molecule has 0 atom stereocenters. The van der Waals surface area contributed by atoms with Crippen LogP contribution >= 0.6 is 11.3 Å². The van der Waals surface area contributed by atoms with Crippen molar-refractivity contribution in [3.63, 3.8) is 0 Å². The monoisotopic (exact) mass is 795 g/mol. The molecule has 0 saturated carbocycles. The van der Waals surface area contributed by atoms with E-state index in [2.05, 4.69) is 229 Å². The molecule has 0 aliphatic heterocycles. The van der Waals surface area contributed by atoms with Crippen LogP contribution in [0.2, 0.25) is 0 Å². The molecule has 0 aliphatic carbocycles. The zero-order valence-corrected chi connectivity index (χ0v) is 33.9. The zero-order chi connectivity index (χ0) is 40.3. The molecule has 2 aromatic heterocycles. The highest BCUT2D eigenvalue weighted by Crippen LogP contribution is 2.47. The van der Waals surface area contributed by atoms with Crippen molar-refractivity contribution in [3.8, 4) is 44.5 Å². The Labute approximate surface area is 357 Å². The minimum absolute atomic E-state index is 0.883. The third kappa shape index (κ3) is 6.01. The number of rotatable bonds is 7. The van der Waals surface area contributed by atoms with Crippen LogP contribution in [0.4, 0.5) is 17.1 Å². The number of benzene rings is 10. The smallest absolute Gasteiger partial charge is 0.143 e. The Morgan fingerprint density at radius 1 is 0.344 bits per heavy atom. The zero-order valence-electron chi connectivity index (χ0n) is 33.1. The first-order valence-corrected chi connectivity index (χ1v) is 21.6. The highest BCUT2D eigenvalue weighted by molar-refractivity contribution is 7.25. The van der Waals surface area contributed by atoms with Gasteiger partial charge >= 0.3 is 0 Å². The van der Waals surface area contributed by atoms with Gasteiger partial charge in [0.05, 0.1) is 5.69 Å². The maximum atomic E-state index is 6.69. The Kier molecular flexibility index (Phi) is 8.39. The molecule has 3 heteroatoms. The van der Waals surface area contributed by atoms with E-state index in [1.54, 1.807) is 0 Å². The van der Waals surface area contributed by atoms with Gasteiger partial charge in [-0.25, -0.2) is 0 Å². The van der Waals surface area contributed by atoms with E-state index in [0.29, 0.717) is 0 Å². The highest BCUT2D eigenvalue weighted by Gasteiger charge is 2.22. The number of thiophene rings is 1. The molecule has 0 amide bonds. The molecule has 2 nitrogen and oxygen atoms in total. The standard InChI is InChI=1S/C58H37NOS/c1-3-14-39(15-4-1)45-33-29-42(36-51(45)40-16-5-2-6-17-40)38-26-30-43(31-27-38)59(44-32-35-56-52(37-44)48-21-10-12-25-55(48)61-56)53-23-11-9-20-47(53)49-22-13-24-54-57(49)50-34-28-41-18-7-8-19-46(41)58(50)60-54/h1-37H. The van der Waals surface area contributed by atoms with Gasteiger partial charge in [-0.1, -0.05) is 164 Å². The first-order chi connectivity index (χ1) is 30.2. The highest BCUT2D eigenvalue weighted by atomic mass is 32.1. The summed E-state index contributed by atoms with van der Waals surface area (Å²) in [5.74, 6) is 0. The Morgan fingerprint density at radius 3 is 1.84 bits per heavy atom. The van der Waals surface area contributed by atoms with E-state index in [1.165, 1.54) is 53.4 Å². The van der Waals surface area contributed by atoms with Crippen LogP contribution in [0.5, 0.6) is 0 Å². The number of hydrogen-bond donors (Lipinski definition) is 0. The van der Waals surface area contributed by atoms with Crippen LogP contribution < -0.4 is 4.90 Å². The first-order valence-electron chi connectivity index (χ1n) is 20.7. The number of anilines is 3. The molecule has 0 unspecified atom stereocenters. The summed E-state index contributed by atoms with van der Waals surface area (Å²) in [7, 11) is 0. The van der Waals surface area contributed by atoms with Gasteiger partial charge in [-0.15, -0.1) is 11.3 Å². The summed E-state index contributed by atoms with van der Waals surface area (Å²) in [5, 5.41) is 7.08. The second kappa shape index (κ2) is 14.5. The quantitative estimate of drug-likeness (QED) is 0.160. The second-order valence-electron chi connectivity index (χ2n) is 15.6. The molecule has 0 N–H and O–H groups in total. The van der Waals surface area contributed by atoms with Crippen LogP contribution in [0.25, 0.3) is 97.4 Å².